The van der Waals surface area contributed by atoms with E-state index in [-0.39, 0.29) is 0 Å². The molecular formula is C24H34O17. The van der Waals surface area contributed by atoms with Gasteiger partial charge in [-0.15, -0.1) is 0 Å². The van der Waals surface area contributed by atoms with E-state index in [9.17, 15) is 39.0 Å². The summed E-state index contributed by atoms with van der Waals surface area (Å²) in [5.41, 5.74) is 0. The van der Waals surface area contributed by atoms with Crippen LogP contribution in [-0.4, -0.2) is 121 Å². The van der Waals surface area contributed by atoms with Crippen LogP contribution in [0.3, 0.4) is 0 Å². The maximum atomic E-state index is 12.0. The van der Waals surface area contributed by atoms with Crippen molar-refractivity contribution in [3.63, 3.8) is 0 Å². The van der Waals surface area contributed by atoms with E-state index in [1.54, 1.807) is 0 Å². The largest absolute Gasteiger partial charge is 0.463 e. The van der Waals surface area contributed by atoms with Gasteiger partial charge >= 0.3 is 35.8 Å². The molecule has 0 saturated carbocycles. The molecule has 10 atom stereocenters. The molecule has 0 aromatic heterocycles. The number of carbonyl (C=O) groups is 6. The number of rotatable bonds is 10. The number of hydrogen-bond acceptors (Lipinski definition) is 17. The fourth-order valence-electron chi connectivity index (χ4n) is 4.18. The average Bonchev–Trinajstić information content (AvgIpc) is 2.83. The summed E-state index contributed by atoms with van der Waals surface area (Å²) in [6.07, 6.45) is -16.4. The lowest BCUT2D eigenvalue weighted by Gasteiger charge is -2.47. The highest BCUT2D eigenvalue weighted by Crippen LogP contribution is 2.33. The van der Waals surface area contributed by atoms with Gasteiger partial charge < -0.3 is 52.8 Å². The summed E-state index contributed by atoms with van der Waals surface area (Å²) in [5.74, 6) is -5.02. The van der Waals surface area contributed by atoms with Gasteiger partial charge in [0.05, 0.1) is 0 Å². The summed E-state index contributed by atoms with van der Waals surface area (Å²) in [6, 6.07) is 0. The summed E-state index contributed by atoms with van der Waals surface area (Å²) in [6.45, 7) is 5.19. The van der Waals surface area contributed by atoms with E-state index < -0.39 is 110 Å². The highest BCUT2D eigenvalue weighted by Gasteiger charge is 2.56. The van der Waals surface area contributed by atoms with Crippen molar-refractivity contribution in [1.29, 1.82) is 0 Å². The van der Waals surface area contributed by atoms with Crippen molar-refractivity contribution < 1.29 is 81.6 Å². The number of esters is 6. The molecule has 2 fully saturated rings. The van der Waals surface area contributed by atoms with Crippen LogP contribution in [0.5, 0.6) is 0 Å². The number of aliphatic hydroxyl groups excluding tert-OH is 2. The van der Waals surface area contributed by atoms with Crippen LogP contribution in [0.1, 0.15) is 41.5 Å². The van der Waals surface area contributed by atoms with Crippen LogP contribution in [0.15, 0.2) is 0 Å². The van der Waals surface area contributed by atoms with Crippen molar-refractivity contribution >= 4 is 35.8 Å². The molecule has 0 bridgehead atoms. The SMILES string of the molecule is CC(=O)OCC1O[C@@H](O[C@@H]2C(OC(C)=O)[C@@H](O)OC(COC(C)=O)[C@H]2OC(C)=O)C(OC(C)=O)[C@@H](O)[C@@H]1OC(C)=O. The molecule has 0 amide bonds. The predicted molar refractivity (Wildman–Crippen MR) is 126 cm³/mol. The summed E-state index contributed by atoms with van der Waals surface area (Å²) < 4.78 is 47.9. The third-order valence-corrected chi connectivity index (χ3v) is 5.63. The van der Waals surface area contributed by atoms with Gasteiger partial charge in [0.15, 0.2) is 37.0 Å². The minimum Gasteiger partial charge on any atom is -0.463 e. The molecule has 0 aromatic carbocycles. The molecule has 17 nitrogen and oxygen atoms in total. The number of hydrogen-bond donors (Lipinski definition) is 2. The van der Waals surface area contributed by atoms with Crippen molar-refractivity contribution in [2.45, 2.75) is 103 Å². The topological polar surface area (TPSA) is 226 Å². The van der Waals surface area contributed by atoms with Crippen molar-refractivity contribution in [2.75, 3.05) is 13.2 Å². The third kappa shape index (κ3) is 9.89. The first kappa shape index (κ1) is 33.8. The molecule has 41 heavy (non-hydrogen) atoms. The zero-order chi connectivity index (χ0) is 31.0. The fourth-order valence-corrected chi connectivity index (χ4v) is 4.18. The standard InChI is InChI=1S/C24H34O17/c1-9(25)33-7-15-18(35-11(3)27)17(31)20(37-13(5)29)24(40-15)41-21-19(36-12(4)28)16(8-34-10(2)26)39-23(32)22(21)38-14(6)30/h15-24,31-32H,7-8H2,1-6H3/t15?,16?,17-,18+,19+,20?,21-,22?,23-,24-/m0/s1. The monoisotopic (exact) mass is 594 g/mol. The summed E-state index contributed by atoms with van der Waals surface area (Å²) in [5, 5.41) is 21.7. The molecule has 232 valence electrons. The van der Waals surface area contributed by atoms with Crippen molar-refractivity contribution in [3.8, 4) is 0 Å². The van der Waals surface area contributed by atoms with Crippen LogP contribution in [0.2, 0.25) is 0 Å². The molecule has 2 heterocycles. The van der Waals surface area contributed by atoms with Gasteiger partial charge in [0.1, 0.15) is 37.6 Å². The van der Waals surface area contributed by atoms with Gasteiger partial charge in [-0.1, -0.05) is 0 Å². The fraction of sp³-hybridized carbons (Fsp3) is 0.750. The summed E-state index contributed by atoms with van der Waals surface area (Å²) in [4.78, 5) is 70.4. The first-order chi connectivity index (χ1) is 19.1. The molecule has 2 rings (SSSR count). The van der Waals surface area contributed by atoms with Crippen LogP contribution in [0.25, 0.3) is 0 Å². The average molecular weight is 595 g/mol. The lowest BCUT2D eigenvalue weighted by molar-refractivity contribution is -0.357. The molecule has 4 unspecified atom stereocenters. The van der Waals surface area contributed by atoms with Gasteiger partial charge in [0, 0.05) is 41.5 Å². The van der Waals surface area contributed by atoms with Crippen molar-refractivity contribution in [1.82, 2.24) is 0 Å². The van der Waals surface area contributed by atoms with Gasteiger partial charge in [-0.25, -0.2) is 0 Å². The first-order valence-corrected chi connectivity index (χ1v) is 12.4. The zero-order valence-electron chi connectivity index (χ0n) is 23.2. The Labute approximate surface area is 234 Å². The zero-order valence-corrected chi connectivity index (χ0v) is 23.2. The maximum absolute atomic E-state index is 12.0. The molecular weight excluding hydrogens is 560 g/mol. The molecule has 0 aromatic rings. The summed E-state index contributed by atoms with van der Waals surface area (Å²) >= 11 is 0. The normalized spacial score (nSPS) is 33.1. The van der Waals surface area contributed by atoms with Crippen LogP contribution >= 0.6 is 0 Å². The Morgan fingerprint density at radius 2 is 0.951 bits per heavy atom. The molecule has 0 aliphatic carbocycles. The number of carbonyl (C=O) groups excluding carboxylic acids is 6. The minimum absolute atomic E-state index is 0.540. The minimum atomic E-state index is -1.91. The van der Waals surface area contributed by atoms with Crippen molar-refractivity contribution in [2.24, 2.45) is 0 Å². The molecule has 2 saturated heterocycles. The van der Waals surface area contributed by atoms with E-state index in [0.29, 0.717) is 0 Å². The van der Waals surface area contributed by atoms with E-state index in [1.165, 1.54) is 0 Å². The van der Waals surface area contributed by atoms with Gasteiger partial charge in [0.25, 0.3) is 0 Å². The third-order valence-electron chi connectivity index (χ3n) is 5.63. The van der Waals surface area contributed by atoms with Crippen LogP contribution in [-0.2, 0) is 71.4 Å². The lowest BCUT2D eigenvalue weighted by atomic mass is 9.96. The Morgan fingerprint density at radius 3 is 1.41 bits per heavy atom. The molecule has 0 spiro atoms. The first-order valence-electron chi connectivity index (χ1n) is 12.4. The summed E-state index contributed by atoms with van der Waals surface area (Å²) in [7, 11) is 0. The van der Waals surface area contributed by atoms with Gasteiger partial charge in [-0.2, -0.15) is 0 Å². The predicted octanol–water partition coefficient (Wildman–Crippen LogP) is -1.97. The molecule has 17 heteroatoms. The Morgan fingerprint density at radius 1 is 0.537 bits per heavy atom. The Kier molecular flexibility index (Phi) is 12.4. The van der Waals surface area contributed by atoms with Crippen LogP contribution in [0, 0.1) is 0 Å². The molecule has 2 aliphatic rings. The molecule has 0 radical (unpaired) electrons. The maximum Gasteiger partial charge on any atom is 0.303 e. The van der Waals surface area contributed by atoms with Crippen LogP contribution < -0.4 is 0 Å². The lowest BCUT2D eigenvalue weighted by Crippen LogP contribution is -2.66. The molecule has 2 aliphatic heterocycles. The quantitative estimate of drug-likeness (QED) is 0.206. The second-order valence-electron chi connectivity index (χ2n) is 9.10. The highest BCUT2D eigenvalue weighted by molar-refractivity contribution is 5.68. The Bertz CT molecular complexity index is 979. The van der Waals surface area contributed by atoms with E-state index in [2.05, 4.69) is 0 Å². The number of aliphatic hydroxyl groups is 2. The van der Waals surface area contributed by atoms with E-state index in [1.807, 2.05) is 0 Å². The smallest absolute Gasteiger partial charge is 0.303 e. The van der Waals surface area contributed by atoms with Gasteiger partial charge in [-0.05, 0) is 0 Å². The van der Waals surface area contributed by atoms with Crippen LogP contribution in [0.4, 0.5) is 0 Å². The Hall–Kier alpha value is -3.38. The molecule has 2 N–H and O–H groups in total. The van der Waals surface area contributed by atoms with E-state index in [0.717, 1.165) is 41.5 Å². The Balaban J connectivity index is 2.54. The van der Waals surface area contributed by atoms with E-state index >= 15 is 0 Å². The second-order valence-corrected chi connectivity index (χ2v) is 9.10. The highest BCUT2D eigenvalue weighted by atomic mass is 16.8. The van der Waals surface area contributed by atoms with Gasteiger partial charge in [0.2, 0.25) is 0 Å². The van der Waals surface area contributed by atoms with Crippen molar-refractivity contribution in [3.05, 3.63) is 0 Å². The van der Waals surface area contributed by atoms with Gasteiger partial charge in [-0.3, -0.25) is 28.8 Å². The number of ether oxygens (including phenoxy) is 9. The van der Waals surface area contributed by atoms with E-state index in [4.69, 9.17) is 42.6 Å². The second kappa shape index (κ2) is 15.0.